The number of carbonyl (C=O) groups excluding carboxylic acids is 2. The lowest BCUT2D eigenvalue weighted by atomic mass is 10.1. The van der Waals surface area contributed by atoms with Gasteiger partial charge in [0, 0.05) is 29.8 Å². The normalized spacial score (nSPS) is 19.8. The molecule has 3 rings (SSSR count). The van der Waals surface area contributed by atoms with E-state index < -0.39 is 5.91 Å². The molecule has 0 radical (unpaired) electrons. The summed E-state index contributed by atoms with van der Waals surface area (Å²) in [5.41, 5.74) is 7.11. The van der Waals surface area contributed by atoms with Crippen LogP contribution in [-0.2, 0) is 4.79 Å². The Morgan fingerprint density at radius 3 is 2.96 bits per heavy atom. The molecule has 130 valence electrons. The van der Waals surface area contributed by atoms with Gasteiger partial charge in [-0.05, 0) is 27.9 Å². The number of nitrogens with two attached hydrogens (primary N) is 1. The van der Waals surface area contributed by atoms with Gasteiger partial charge in [0.05, 0.1) is 29.0 Å². The van der Waals surface area contributed by atoms with Gasteiger partial charge in [0.2, 0.25) is 5.91 Å². The number of halogens is 1. The zero-order valence-corrected chi connectivity index (χ0v) is 15.2. The monoisotopic (exact) mass is 404 g/mol. The predicted octanol–water partition coefficient (Wildman–Crippen LogP) is 1.37. The van der Waals surface area contributed by atoms with Crippen molar-refractivity contribution in [3.8, 4) is 6.07 Å². The molecule has 25 heavy (non-hydrogen) atoms. The van der Waals surface area contributed by atoms with Crippen LogP contribution in [0.5, 0.6) is 0 Å². The average molecular weight is 405 g/mol. The molecule has 2 aromatic heterocycles. The van der Waals surface area contributed by atoms with Gasteiger partial charge in [0.25, 0.3) is 5.91 Å². The number of carbonyl (C=O) groups is 2. The Morgan fingerprint density at radius 1 is 1.52 bits per heavy atom. The highest BCUT2D eigenvalue weighted by atomic mass is 79.9. The lowest BCUT2D eigenvalue weighted by molar-refractivity contribution is -0.129. The maximum atomic E-state index is 12.0. The van der Waals surface area contributed by atoms with Crippen LogP contribution in [-0.4, -0.2) is 45.5 Å². The van der Waals surface area contributed by atoms with Gasteiger partial charge < -0.3 is 16.0 Å². The first kappa shape index (κ1) is 17.2. The molecule has 8 nitrogen and oxygen atoms in total. The summed E-state index contributed by atoms with van der Waals surface area (Å²) in [6, 6.07) is 3.68. The molecule has 3 N–H and O–H groups in total. The number of aromatic nitrogens is 2. The Kier molecular flexibility index (Phi) is 4.63. The molecule has 2 atom stereocenters. The first-order valence-electron chi connectivity index (χ1n) is 7.78. The fourth-order valence-electron chi connectivity index (χ4n) is 3.09. The molecule has 1 aliphatic rings. The molecule has 0 aliphatic carbocycles. The van der Waals surface area contributed by atoms with Crippen LogP contribution < -0.4 is 11.1 Å². The zero-order chi connectivity index (χ0) is 18.1. The molecule has 3 heterocycles. The van der Waals surface area contributed by atoms with E-state index in [0.717, 1.165) is 9.99 Å². The van der Waals surface area contributed by atoms with E-state index >= 15 is 0 Å². The fourth-order valence-corrected chi connectivity index (χ4v) is 3.50. The lowest BCUT2D eigenvalue weighted by Crippen LogP contribution is -2.32. The van der Waals surface area contributed by atoms with Gasteiger partial charge >= 0.3 is 0 Å². The summed E-state index contributed by atoms with van der Waals surface area (Å²) in [5.74, 6) is -0.591. The Labute approximate surface area is 152 Å². The molecule has 0 bridgehead atoms. The molecular formula is C16H17BrN6O2. The second kappa shape index (κ2) is 6.72. The molecule has 0 aromatic carbocycles. The second-order valence-corrected chi connectivity index (χ2v) is 7.06. The number of amides is 2. The van der Waals surface area contributed by atoms with Crippen LogP contribution in [0.15, 0.2) is 22.9 Å². The molecule has 0 saturated carbocycles. The Hall–Kier alpha value is -2.60. The van der Waals surface area contributed by atoms with Crippen molar-refractivity contribution in [1.29, 1.82) is 5.26 Å². The highest BCUT2D eigenvalue weighted by molar-refractivity contribution is 9.10. The molecule has 2 aromatic rings. The number of likely N-dealkylation sites (tertiary alicyclic amines) is 1. The standard InChI is InChI=1S/C16H17BrN6O2/c1-9-6-22(14(24)2-3-18)8-12(9)21-15-11(16(19)25)5-20-23-7-10(17)4-13(15)23/h4-5,7,9,12,21H,2,6,8H2,1H3,(H2,19,25)/t9-,12+/m0/s1. The maximum absolute atomic E-state index is 12.0. The van der Waals surface area contributed by atoms with Crippen molar-refractivity contribution >= 4 is 38.9 Å². The highest BCUT2D eigenvalue weighted by Crippen LogP contribution is 2.29. The van der Waals surface area contributed by atoms with E-state index in [1.165, 1.54) is 6.20 Å². The largest absolute Gasteiger partial charge is 0.378 e. The fraction of sp³-hybridized carbons (Fsp3) is 0.375. The van der Waals surface area contributed by atoms with Crippen molar-refractivity contribution in [2.24, 2.45) is 11.7 Å². The van der Waals surface area contributed by atoms with Gasteiger partial charge in [-0.3, -0.25) is 9.59 Å². The lowest BCUT2D eigenvalue weighted by Gasteiger charge is -2.20. The number of fused-ring (bicyclic) bond motifs is 1. The average Bonchev–Trinajstić information content (AvgIpc) is 3.10. The van der Waals surface area contributed by atoms with Gasteiger partial charge in [-0.2, -0.15) is 10.4 Å². The van der Waals surface area contributed by atoms with Crippen LogP contribution in [0.1, 0.15) is 23.7 Å². The SMILES string of the molecule is C[C@H]1CN(C(=O)CC#N)C[C@H]1Nc1c(C(N)=O)cnn2cc(Br)cc12. The Bertz CT molecular complexity index is 887. The van der Waals surface area contributed by atoms with Crippen LogP contribution in [0.3, 0.4) is 0 Å². The van der Waals surface area contributed by atoms with Gasteiger partial charge in [-0.25, -0.2) is 4.52 Å². The summed E-state index contributed by atoms with van der Waals surface area (Å²) in [6.45, 7) is 3.06. The van der Waals surface area contributed by atoms with Crippen molar-refractivity contribution in [1.82, 2.24) is 14.5 Å². The number of nitrogens with one attached hydrogen (secondary N) is 1. The van der Waals surface area contributed by atoms with Gasteiger partial charge in [0.1, 0.15) is 6.42 Å². The zero-order valence-electron chi connectivity index (χ0n) is 13.6. The van der Waals surface area contributed by atoms with E-state index in [9.17, 15) is 9.59 Å². The van der Waals surface area contributed by atoms with Crippen LogP contribution in [0.2, 0.25) is 0 Å². The summed E-state index contributed by atoms with van der Waals surface area (Å²) < 4.78 is 2.48. The number of anilines is 1. The first-order valence-corrected chi connectivity index (χ1v) is 8.58. The molecule has 1 saturated heterocycles. The van der Waals surface area contributed by atoms with Crippen LogP contribution >= 0.6 is 15.9 Å². The Morgan fingerprint density at radius 2 is 2.28 bits per heavy atom. The van der Waals surface area contributed by atoms with Crippen molar-refractivity contribution in [2.45, 2.75) is 19.4 Å². The number of nitriles is 1. The first-order chi connectivity index (χ1) is 11.9. The minimum atomic E-state index is -0.571. The number of primary amides is 1. The van der Waals surface area contributed by atoms with Gasteiger partial charge in [-0.15, -0.1) is 0 Å². The number of rotatable bonds is 4. The molecule has 0 unspecified atom stereocenters. The summed E-state index contributed by atoms with van der Waals surface area (Å²) in [5, 5.41) is 16.3. The van der Waals surface area contributed by atoms with E-state index in [-0.39, 0.29) is 24.3 Å². The third kappa shape index (κ3) is 3.30. The summed E-state index contributed by atoms with van der Waals surface area (Å²) in [6.07, 6.45) is 3.09. The molecule has 1 aliphatic heterocycles. The number of hydrogen-bond acceptors (Lipinski definition) is 5. The quantitative estimate of drug-likeness (QED) is 0.797. The minimum Gasteiger partial charge on any atom is -0.378 e. The topological polar surface area (TPSA) is 117 Å². The molecule has 9 heteroatoms. The van der Waals surface area contributed by atoms with E-state index in [0.29, 0.717) is 24.3 Å². The van der Waals surface area contributed by atoms with Gasteiger partial charge in [0.15, 0.2) is 0 Å². The van der Waals surface area contributed by atoms with Crippen LogP contribution in [0.4, 0.5) is 5.69 Å². The van der Waals surface area contributed by atoms with Crippen molar-refractivity contribution in [3.63, 3.8) is 0 Å². The van der Waals surface area contributed by atoms with Crippen molar-refractivity contribution in [3.05, 3.63) is 28.5 Å². The smallest absolute Gasteiger partial charge is 0.252 e. The summed E-state index contributed by atoms with van der Waals surface area (Å²) in [7, 11) is 0. The van der Waals surface area contributed by atoms with Crippen LogP contribution in [0.25, 0.3) is 5.52 Å². The third-order valence-electron chi connectivity index (χ3n) is 4.39. The van der Waals surface area contributed by atoms with E-state index in [1.54, 1.807) is 15.6 Å². The summed E-state index contributed by atoms with van der Waals surface area (Å²) in [4.78, 5) is 25.4. The molecule has 2 amide bonds. The van der Waals surface area contributed by atoms with Crippen molar-refractivity contribution < 1.29 is 9.59 Å². The van der Waals surface area contributed by atoms with E-state index in [2.05, 4.69) is 26.3 Å². The van der Waals surface area contributed by atoms with Gasteiger partial charge in [-0.1, -0.05) is 6.92 Å². The van der Waals surface area contributed by atoms with E-state index in [4.69, 9.17) is 11.0 Å². The molecular weight excluding hydrogens is 388 g/mol. The number of nitrogens with zero attached hydrogens (tertiary/aromatic N) is 4. The number of hydrogen-bond donors (Lipinski definition) is 2. The summed E-state index contributed by atoms with van der Waals surface area (Å²) >= 11 is 3.40. The Balaban J connectivity index is 1.92. The molecule has 0 spiro atoms. The molecule has 1 fully saturated rings. The second-order valence-electron chi connectivity index (χ2n) is 6.15. The maximum Gasteiger partial charge on any atom is 0.252 e. The van der Waals surface area contributed by atoms with Crippen LogP contribution in [0, 0.1) is 17.2 Å². The minimum absolute atomic E-state index is 0.0550. The predicted molar refractivity (Wildman–Crippen MR) is 94.8 cm³/mol. The third-order valence-corrected chi connectivity index (χ3v) is 4.83. The van der Waals surface area contributed by atoms with E-state index in [1.807, 2.05) is 19.1 Å². The highest BCUT2D eigenvalue weighted by Gasteiger charge is 2.33. The van der Waals surface area contributed by atoms with Crippen molar-refractivity contribution in [2.75, 3.05) is 18.4 Å².